The van der Waals surface area contributed by atoms with Gasteiger partial charge in [-0.15, -0.1) is 6.42 Å². The lowest BCUT2D eigenvalue weighted by Gasteiger charge is -2.07. The van der Waals surface area contributed by atoms with Gasteiger partial charge in [-0.05, 0) is 41.5 Å². The molecule has 114 valence electrons. The fourth-order valence-corrected chi connectivity index (χ4v) is 2.41. The number of rotatable bonds is 3. The van der Waals surface area contributed by atoms with Gasteiger partial charge in [0.15, 0.2) is 0 Å². The maximum absolute atomic E-state index is 13.7. The van der Waals surface area contributed by atoms with Crippen LogP contribution in [0.4, 0.5) is 4.39 Å². The van der Waals surface area contributed by atoms with Gasteiger partial charge >= 0.3 is 0 Å². The van der Waals surface area contributed by atoms with Gasteiger partial charge in [0.2, 0.25) is 0 Å². The molecule has 1 heterocycles. The molecule has 3 rings (SSSR count). The molecule has 1 atom stereocenters. The first kappa shape index (κ1) is 15.1. The standard InChI is InChI=1S/C19H15FN2O/c1-3-17(23)9-16-10-22-19(11-21-16)14-5-4-13-6-12(2)18(20)8-15(13)7-14/h1,4-8,10-11,17,23H,9H2,2H3. The number of halogens is 1. The SMILES string of the molecule is C#CC(O)Cc1cnc(-c2ccc3cc(C)c(F)cc3c2)cn1. The molecule has 2 aromatic carbocycles. The molecular formula is C19H15FN2O. The van der Waals surface area contributed by atoms with Gasteiger partial charge in [-0.3, -0.25) is 9.97 Å². The van der Waals surface area contributed by atoms with Crippen LogP contribution in [0.3, 0.4) is 0 Å². The van der Waals surface area contributed by atoms with E-state index in [1.54, 1.807) is 19.3 Å². The molecule has 3 nitrogen and oxygen atoms in total. The summed E-state index contributed by atoms with van der Waals surface area (Å²) in [4.78, 5) is 8.61. The predicted octanol–water partition coefficient (Wildman–Crippen LogP) is 3.28. The summed E-state index contributed by atoms with van der Waals surface area (Å²) in [5, 5.41) is 11.2. The van der Waals surface area contributed by atoms with Crippen molar-refractivity contribution in [1.29, 1.82) is 0 Å². The molecule has 1 N–H and O–H groups in total. The summed E-state index contributed by atoms with van der Waals surface area (Å²) in [5.41, 5.74) is 2.80. The fourth-order valence-electron chi connectivity index (χ4n) is 2.41. The number of hydrogen-bond donors (Lipinski definition) is 1. The molecule has 1 aromatic heterocycles. The Labute approximate surface area is 133 Å². The van der Waals surface area contributed by atoms with Gasteiger partial charge in [0.25, 0.3) is 0 Å². The predicted molar refractivity (Wildman–Crippen MR) is 88.2 cm³/mol. The third-order valence-electron chi connectivity index (χ3n) is 3.71. The summed E-state index contributed by atoms with van der Waals surface area (Å²) < 4.78 is 13.7. The maximum atomic E-state index is 13.7. The second kappa shape index (κ2) is 6.15. The molecule has 0 saturated heterocycles. The summed E-state index contributed by atoms with van der Waals surface area (Å²) in [5.74, 6) is 2.02. The van der Waals surface area contributed by atoms with E-state index in [1.807, 2.05) is 24.3 Å². The fraction of sp³-hybridized carbons (Fsp3) is 0.158. The normalized spacial score (nSPS) is 12.1. The van der Waals surface area contributed by atoms with Crippen molar-refractivity contribution in [2.75, 3.05) is 0 Å². The Bertz CT molecular complexity index is 898. The molecule has 0 fully saturated rings. The van der Waals surface area contributed by atoms with E-state index in [1.165, 1.54) is 6.07 Å². The van der Waals surface area contributed by atoms with E-state index < -0.39 is 6.10 Å². The molecule has 0 spiro atoms. The monoisotopic (exact) mass is 306 g/mol. The number of terminal acetylenes is 1. The number of aliphatic hydroxyl groups excluding tert-OH is 1. The Morgan fingerprint density at radius 1 is 1.17 bits per heavy atom. The third kappa shape index (κ3) is 3.20. The summed E-state index contributed by atoms with van der Waals surface area (Å²) in [6, 6.07) is 9.11. The van der Waals surface area contributed by atoms with Gasteiger partial charge < -0.3 is 5.11 Å². The Morgan fingerprint density at radius 2 is 2.00 bits per heavy atom. The summed E-state index contributed by atoms with van der Waals surface area (Å²) in [7, 11) is 0. The zero-order chi connectivity index (χ0) is 16.4. The Kier molecular flexibility index (Phi) is 4.05. The van der Waals surface area contributed by atoms with Crippen LogP contribution in [-0.2, 0) is 6.42 Å². The number of benzene rings is 2. The van der Waals surface area contributed by atoms with Gasteiger partial charge in [-0.1, -0.05) is 18.1 Å². The average Bonchev–Trinajstić information content (AvgIpc) is 2.56. The van der Waals surface area contributed by atoms with Crippen LogP contribution in [0.15, 0.2) is 42.7 Å². The molecule has 3 aromatic rings. The maximum Gasteiger partial charge on any atom is 0.126 e. The molecule has 0 aliphatic carbocycles. The number of aliphatic hydroxyl groups is 1. The van der Waals surface area contributed by atoms with Crippen molar-refractivity contribution in [3.8, 4) is 23.6 Å². The van der Waals surface area contributed by atoms with E-state index in [0.29, 0.717) is 17.0 Å². The topological polar surface area (TPSA) is 46.0 Å². The molecule has 0 aliphatic heterocycles. The minimum absolute atomic E-state index is 0.223. The van der Waals surface area contributed by atoms with Crippen molar-refractivity contribution in [3.05, 3.63) is 59.8 Å². The number of aromatic nitrogens is 2. The van der Waals surface area contributed by atoms with Gasteiger partial charge in [-0.2, -0.15) is 0 Å². The lowest BCUT2D eigenvalue weighted by atomic mass is 10.0. The summed E-state index contributed by atoms with van der Waals surface area (Å²) in [6.07, 6.45) is 7.77. The highest BCUT2D eigenvalue weighted by molar-refractivity contribution is 5.87. The number of aryl methyl sites for hydroxylation is 1. The number of nitrogens with zero attached hydrogens (tertiary/aromatic N) is 2. The molecule has 0 radical (unpaired) electrons. The lowest BCUT2D eigenvalue weighted by molar-refractivity contribution is 0.232. The van der Waals surface area contributed by atoms with Crippen LogP contribution in [0, 0.1) is 25.1 Å². The van der Waals surface area contributed by atoms with Crippen molar-refractivity contribution in [2.45, 2.75) is 19.4 Å². The first-order valence-electron chi connectivity index (χ1n) is 7.22. The van der Waals surface area contributed by atoms with E-state index in [-0.39, 0.29) is 12.2 Å². The van der Waals surface area contributed by atoms with Crippen molar-refractivity contribution >= 4 is 10.8 Å². The third-order valence-corrected chi connectivity index (χ3v) is 3.71. The number of hydrogen-bond acceptors (Lipinski definition) is 3. The van der Waals surface area contributed by atoms with Crippen LogP contribution < -0.4 is 0 Å². The summed E-state index contributed by atoms with van der Waals surface area (Å²) in [6.45, 7) is 1.75. The average molecular weight is 306 g/mol. The second-order valence-electron chi connectivity index (χ2n) is 5.44. The van der Waals surface area contributed by atoms with Crippen LogP contribution in [-0.4, -0.2) is 21.2 Å². The Morgan fingerprint density at radius 3 is 2.70 bits per heavy atom. The first-order valence-corrected chi connectivity index (χ1v) is 7.22. The zero-order valence-corrected chi connectivity index (χ0v) is 12.6. The highest BCUT2D eigenvalue weighted by atomic mass is 19.1. The van der Waals surface area contributed by atoms with Crippen molar-refractivity contribution in [1.82, 2.24) is 9.97 Å². The van der Waals surface area contributed by atoms with Crippen molar-refractivity contribution in [3.63, 3.8) is 0 Å². The van der Waals surface area contributed by atoms with E-state index in [0.717, 1.165) is 16.3 Å². The van der Waals surface area contributed by atoms with Gasteiger partial charge in [0.05, 0.1) is 17.6 Å². The lowest BCUT2D eigenvalue weighted by Crippen LogP contribution is -2.08. The minimum Gasteiger partial charge on any atom is -0.380 e. The number of fused-ring (bicyclic) bond motifs is 1. The van der Waals surface area contributed by atoms with Crippen molar-refractivity contribution < 1.29 is 9.50 Å². The molecule has 0 aliphatic rings. The minimum atomic E-state index is -0.859. The van der Waals surface area contributed by atoms with E-state index in [2.05, 4.69) is 15.9 Å². The Balaban J connectivity index is 1.94. The van der Waals surface area contributed by atoms with Crippen LogP contribution in [0.5, 0.6) is 0 Å². The van der Waals surface area contributed by atoms with Crippen LogP contribution in [0.25, 0.3) is 22.0 Å². The Hall–Kier alpha value is -2.77. The van der Waals surface area contributed by atoms with E-state index >= 15 is 0 Å². The van der Waals surface area contributed by atoms with Gasteiger partial charge in [0, 0.05) is 18.2 Å². The van der Waals surface area contributed by atoms with Crippen LogP contribution in [0.1, 0.15) is 11.3 Å². The molecular weight excluding hydrogens is 291 g/mol. The summed E-state index contributed by atoms with van der Waals surface area (Å²) >= 11 is 0. The zero-order valence-electron chi connectivity index (χ0n) is 12.6. The highest BCUT2D eigenvalue weighted by Crippen LogP contribution is 2.25. The van der Waals surface area contributed by atoms with Crippen LogP contribution in [0.2, 0.25) is 0 Å². The second-order valence-corrected chi connectivity index (χ2v) is 5.44. The quantitative estimate of drug-likeness (QED) is 0.755. The van der Waals surface area contributed by atoms with Crippen molar-refractivity contribution in [2.24, 2.45) is 0 Å². The smallest absolute Gasteiger partial charge is 0.126 e. The van der Waals surface area contributed by atoms with Crippen LogP contribution >= 0.6 is 0 Å². The van der Waals surface area contributed by atoms with E-state index in [4.69, 9.17) is 6.42 Å². The van der Waals surface area contributed by atoms with Gasteiger partial charge in [-0.25, -0.2) is 4.39 Å². The highest BCUT2D eigenvalue weighted by Gasteiger charge is 2.07. The molecule has 0 saturated carbocycles. The molecule has 23 heavy (non-hydrogen) atoms. The van der Waals surface area contributed by atoms with E-state index in [9.17, 15) is 9.50 Å². The largest absolute Gasteiger partial charge is 0.380 e. The molecule has 0 amide bonds. The first-order chi connectivity index (χ1) is 11.1. The molecule has 1 unspecified atom stereocenters. The molecule has 0 bridgehead atoms. The van der Waals surface area contributed by atoms with Gasteiger partial charge in [0.1, 0.15) is 11.9 Å². The molecule has 4 heteroatoms.